The van der Waals surface area contributed by atoms with E-state index in [2.05, 4.69) is 22.4 Å². The fraction of sp³-hybridized carbons (Fsp3) is 0.353. The number of halogens is 1. The number of rotatable bonds is 6. The van der Waals surface area contributed by atoms with Crippen LogP contribution in [0.2, 0.25) is 5.02 Å². The van der Waals surface area contributed by atoms with E-state index in [1.54, 1.807) is 6.20 Å². The molecule has 1 fully saturated rings. The Hall–Kier alpha value is -1.58. The second kappa shape index (κ2) is 6.46. The van der Waals surface area contributed by atoms with Gasteiger partial charge in [-0.15, -0.1) is 0 Å². The van der Waals surface area contributed by atoms with Crippen molar-refractivity contribution in [3.8, 4) is 16.9 Å². The van der Waals surface area contributed by atoms with Crippen LogP contribution in [0.15, 0.2) is 36.7 Å². The Morgan fingerprint density at radius 2 is 2.10 bits per heavy atom. The Kier molecular flexibility index (Phi) is 4.42. The van der Waals surface area contributed by atoms with E-state index in [-0.39, 0.29) is 0 Å². The first-order valence-electron chi connectivity index (χ1n) is 7.36. The molecule has 1 saturated carbocycles. The van der Waals surface area contributed by atoms with Gasteiger partial charge < -0.3 is 10.1 Å². The topological polar surface area (TPSA) is 34.1 Å². The van der Waals surface area contributed by atoms with Crippen LogP contribution in [0.1, 0.15) is 25.3 Å². The Morgan fingerprint density at radius 3 is 2.81 bits per heavy atom. The summed E-state index contributed by atoms with van der Waals surface area (Å²) in [7, 11) is 0. The van der Waals surface area contributed by atoms with Crippen molar-refractivity contribution in [2.45, 2.75) is 32.4 Å². The summed E-state index contributed by atoms with van der Waals surface area (Å²) in [4.78, 5) is 4.22. The van der Waals surface area contributed by atoms with Crippen LogP contribution >= 0.6 is 11.6 Å². The molecule has 0 unspecified atom stereocenters. The molecule has 110 valence electrons. The highest BCUT2D eigenvalue weighted by molar-refractivity contribution is 6.31. The molecule has 0 atom stereocenters. The molecule has 1 aromatic heterocycles. The molecule has 0 bridgehead atoms. The monoisotopic (exact) mass is 302 g/mol. The van der Waals surface area contributed by atoms with Crippen LogP contribution in [0, 0.1) is 0 Å². The summed E-state index contributed by atoms with van der Waals surface area (Å²) in [6, 6.07) is 8.85. The molecule has 1 aliphatic rings. The molecular formula is C17H19ClN2O. The van der Waals surface area contributed by atoms with Crippen molar-refractivity contribution in [3.05, 3.63) is 47.2 Å². The average molecular weight is 303 g/mol. The maximum Gasteiger partial charge on any atom is 0.138 e. The summed E-state index contributed by atoms with van der Waals surface area (Å²) in [5.41, 5.74) is 3.22. The zero-order chi connectivity index (χ0) is 14.7. The van der Waals surface area contributed by atoms with E-state index < -0.39 is 0 Å². The standard InChI is InChI=1S/C17H19ClN2O/c1-2-21-16-7-14(9-19-11-16)12-3-4-13(17(18)8-12)10-20-15-5-6-15/h3-4,7-9,11,15,20H,2,5-6,10H2,1H3. The maximum atomic E-state index is 6.39. The largest absolute Gasteiger partial charge is 0.492 e. The summed E-state index contributed by atoms with van der Waals surface area (Å²) in [5, 5.41) is 4.28. The van der Waals surface area contributed by atoms with Crippen molar-refractivity contribution in [1.29, 1.82) is 0 Å². The molecular weight excluding hydrogens is 284 g/mol. The van der Waals surface area contributed by atoms with Gasteiger partial charge in [-0.25, -0.2) is 0 Å². The molecule has 3 nitrogen and oxygen atoms in total. The van der Waals surface area contributed by atoms with Gasteiger partial charge in [-0.3, -0.25) is 4.98 Å². The molecule has 0 amide bonds. The molecule has 1 N–H and O–H groups in total. The van der Waals surface area contributed by atoms with Crippen molar-refractivity contribution in [2.24, 2.45) is 0 Å². The number of pyridine rings is 1. The third-order valence-corrected chi connectivity index (χ3v) is 3.92. The summed E-state index contributed by atoms with van der Waals surface area (Å²) in [6.45, 7) is 3.43. The third-order valence-electron chi connectivity index (χ3n) is 3.57. The van der Waals surface area contributed by atoms with Gasteiger partial charge in [0.1, 0.15) is 5.75 Å². The lowest BCUT2D eigenvalue weighted by atomic mass is 10.1. The normalized spacial score (nSPS) is 14.2. The molecule has 0 saturated heterocycles. The van der Waals surface area contributed by atoms with Crippen LogP contribution in [-0.4, -0.2) is 17.6 Å². The number of hydrogen-bond acceptors (Lipinski definition) is 3. The number of ether oxygens (including phenoxy) is 1. The Balaban J connectivity index is 1.78. The van der Waals surface area contributed by atoms with E-state index in [1.165, 1.54) is 12.8 Å². The molecule has 0 radical (unpaired) electrons. The molecule has 1 heterocycles. The van der Waals surface area contributed by atoms with E-state index in [9.17, 15) is 0 Å². The average Bonchev–Trinajstić information content (AvgIpc) is 3.31. The van der Waals surface area contributed by atoms with Crippen molar-refractivity contribution >= 4 is 11.6 Å². The number of benzene rings is 1. The second-order valence-corrected chi connectivity index (χ2v) is 5.71. The summed E-state index contributed by atoms with van der Waals surface area (Å²) in [6.07, 6.45) is 6.12. The summed E-state index contributed by atoms with van der Waals surface area (Å²) in [5.74, 6) is 0.783. The van der Waals surface area contributed by atoms with Crippen LogP contribution < -0.4 is 10.1 Å². The lowest BCUT2D eigenvalue weighted by Gasteiger charge is -2.09. The fourth-order valence-corrected chi connectivity index (χ4v) is 2.48. The first-order valence-corrected chi connectivity index (χ1v) is 7.74. The summed E-state index contributed by atoms with van der Waals surface area (Å²) >= 11 is 6.39. The second-order valence-electron chi connectivity index (χ2n) is 5.30. The first-order chi connectivity index (χ1) is 10.3. The van der Waals surface area contributed by atoms with Crippen molar-refractivity contribution in [3.63, 3.8) is 0 Å². The Bertz CT molecular complexity index is 626. The van der Waals surface area contributed by atoms with Gasteiger partial charge in [0, 0.05) is 29.4 Å². The predicted molar refractivity (Wildman–Crippen MR) is 85.7 cm³/mol. The van der Waals surface area contributed by atoms with Gasteiger partial charge in [-0.1, -0.05) is 23.7 Å². The lowest BCUT2D eigenvalue weighted by Crippen LogP contribution is -2.15. The van der Waals surface area contributed by atoms with Gasteiger partial charge in [-0.05, 0) is 43.0 Å². The third kappa shape index (κ3) is 3.74. The van der Waals surface area contributed by atoms with E-state index >= 15 is 0 Å². The van der Waals surface area contributed by atoms with Crippen LogP contribution in [0.25, 0.3) is 11.1 Å². The molecule has 0 aliphatic heterocycles. The van der Waals surface area contributed by atoms with Crippen molar-refractivity contribution < 1.29 is 4.74 Å². The van der Waals surface area contributed by atoms with Gasteiger partial charge in [-0.2, -0.15) is 0 Å². The van der Waals surface area contributed by atoms with Crippen molar-refractivity contribution in [1.82, 2.24) is 10.3 Å². The minimum Gasteiger partial charge on any atom is -0.492 e. The first kappa shape index (κ1) is 14.4. The highest BCUT2D eigenvalue weighted by atomic mass is 35.5. The smallest absolute Gasteiger partial charge is 0.138 e. The van der Waals surface area contributed by atoms with Crippen molar-refractivity contribution in [2.75, 3.05) is 6.61 Å². The number of hydrogen-bond donors (Lipinski definition) is 1. The van der Waals surface area contributed by atoms with E-state index in [4.69, 9.17) is 16.3 Å². The van der Waals surface area contributed by atoms with Crippen LogP contribution in [0.5, 0.6) is 5.75 Å². The minimum absolute atomic E-state index is 0.637. The fourth-order valence-electron chi connectivity index (χ4n) is 2.23. The van der Waals surface area contributed by atoms with Gasteiger partial charge in [0.25, 0.3) is 0 Å². The molecule has 1 aromatic carbocycles. The SMILES string of the molecule is CCOc1cncc(-c2ccc(CNC3CC3)c(Cl)c2)c1. The Morgan fingerprint density at radius 1 is 1.24 bits per heavy atom. The van der Waals surface area contributed by atoms with Gasteiger partial charge in [0.15, 0.2) is 0 Å². The lowest BCUT2D eigenvalue weighted by molar-refractivity contribution is 0.339. The zero-order valence-corrected chi connectivity index (χ0v) is 12.9. The Labute approximate surface area is 130 Å². The molecule has 0 spiro atoms. The van der Waals surface area contributed by atoms with E-state index in [1.807, 2.05) is 25.3 Å². The van der Waals surface area contributed by atoms with Gasteiger partial charge in [0.05, 0.1) is 12.8 Å². The number of aromatic nitrogens is 1. The van der Waals surface area contributed by atoms with E-state index in [0.29, 0.717) is 12.6 Å². The predicted octanol–water partition coefficient (Wildman–Crippen LogP) is 4.05. The van der Waals surface area contributed by atoms with Crippen LogP contribution in [0.4, 0.5) is 0 Å². The molecule has 21 heavy (non-hydrogen) atoms. The van der Waals surface area contributed by atoms with Crippen LogP contribution in [0.3, 0.4) is 0 Å². The molecule has 1 aliphatic carbocycles. The highest BCUT2D eigenvalue weighted by Gasteiger charge is 2.20. The quantitative estimate of drug-likeness (QED) is 0.874. The molecule has 3 rings (SSSR count). The minimum atomic E-state index is 0.637. The molecule has 2 aromatic rings. The van der Waals surface area contributed by atoms with Gasteiger partial charge >= 0.3 is 0 Å². The van der Waals surface area contributed by atoms with Crippen LogP contribution in [-0.2, 0) is 6.54 Å². The molecule has 4 heteroatoms. The van der Waals surface area contributed by atoms with E-state index in [0.717, 1.165) is 34.0 Å². The number of nitrogens with one attached hydrogen (secondary N) is 1. The summed E-state index contributed by atoms with van der Waals surface area (Å²) < 4.78 is 5.49. The number of nitrogens with zero attached hydrogens (tertiary/aromatic N) is 1. The highest BCUT2D eigenvalue weighted by Crippen LogP contribution is 2.28. The zero-order valence-electron chi connectivity index (χ0n) is 12.1. The maximum absolute atomic E-state index is 6.39. The van der Waals surface area contributed by atoms with Gasteiger partial charge in [0.2, 0.25) is 0 Å².